The first-order chi connectivity index (χ1) is 10.0. The maximum absolute atomic E-state index is 12.3. The predicted molar refractivity (Wildman–Crippen MR) is 80.9 cm³/mol. The predicted octanol–water partition coefficient (Wildman–Crippen LogP) is 2.72. The van der Waals surface area contributed by atoms with Gasteiger partial charge in [0.15, 0.2) is 0 Å². The number of fused-ring (bicyclic) bond motifs is 1. The first kappa shape index (κ1) is 15.1. The second-order valence-corrected chi connectivity index (χ2v) is 4.85. The van der Waals surface area contributed by atoms with Crippen molar-refractivity contribution in [3.05, 3.63) is 40.2 Å². The molecule has 112 valence electrons. The molecule has 0 aliphatic heterocycles. The Balaban J connectivity index is 2.48. The highest BCUT2D eigenvalue weighted by molar-refractivity contribution is 6.05. The maximum Gasteiger partial charge on any atom is 0.337 e. The SMILES string of the molecule is CCOc1ccc2c(C(=O)NC(C)CC)cc(=O)oc2c1. The molecule has 21 heavy (non-hydrogen) atoms. The Morgan fingerprint density at radius 3 is 2.76 bits per heavy atom. The molecule has 0 saturated heterocycles. The van der Waals surface area contributed by atoms with Crippen LogP contribution in [0.3, 0.4) is 0 Å². The van der Waals surface area contributed by atoms with Gasteiger partial charge in [-0.25, -0.2) is 4.79 Å². The monoisotopic (exact) mass is 289 g/mol. The van der Waals surface area contributed by atoms with Gasteiger partial charge in [0.2, 0.25) is 0 Å². The third-order valence-electron chi connectivity index (χ3n) is 3.26. The molecule has 5 heteroatoms. The maximum atomic E-state index is 12.3. The van der Waals surface area contributed by atoms with E-state index in [1.54, 1.807) is 18.2 Å². The lowest BCUT2D eigenvalue weighted by Gasteiger charge is -2.12. The summed E-state index contributed by atoms with van der Waals surface area (Å²) in [4.78, 5) is 23.9. The average molecular weight is 289 g/mol. The zero-order valence-electron chi connectivity index (χ0n) is 12.4. The van der Waals surface area contributed by atoms with Gasteiger partial charge in [0.1, 0.15) is 11.3 Å². The van der Waals surface area contributed by atoms with Crippen molar-refractivity contribution < 1.29 is 13.9 Å². The number of nitrogens with one attached hydrogen (secondary N) is 1. The van der Waals surface area contributed by atoms with Crippen LogP contribution in [0.25, 0.3) is 11.0 Å². The topological polar surface area (TPSA) is 68.5 Å². The molecule has 0 aliphatic rings. The van der Waals surface area contributed by atoms with Crippen LogP contribution in [0.5, 0.6) is 5.75 Å². The van der Waals surface area contributed by atoms with E-state index in [-0.39, 0.29) is 11.9 Å². The summed E-state index contributed by atoms with van der Waals surface area (Å²) in [5, 5.41) is 3.45. The lowest BCUT2D eigenvalue weighted by molar-refractivity contribution is 0.0940. The quantitative estimate of drug-likeness (QED) is 0.859. The van der Waals surface area contributed by atoms with Crippen molar-refractivity contribution in [1.29, 1.82) is 0 Å². The highest BCUT2D eigenvalue weighted by atomic mass is 16.5. The largest absolute Gasteiger partial charge is 0.494 e. The molecule has 2 aromatic rings. The Morgan fingerprint density at radius 1 is 1.33 bits per heavy atom. The first-order valence-electron chi connectivity index (χ1n) is 7.06. The molecular formula is C16H19NO4. The molecule has 1 aromatic carbocycles. The molecule has 0 spiro atoms. The zero-order valence-corrected chi connectivity index (χ0v) is 12.4. The Kier molecular flexibility index (Phi) is 4.62. The summed E-state index contributed by atoms with van der Waals surface area (Å²) in [6.45, 7) is 6.29. The number of amides is 1. The Morgan fingerprint density at radius 2 is 2.10 bits per heavy atom. The summed E-state index contributed by atoms with van der Waals surface area (Å²) in [7, 11) is 0. The Bertz CT molecular complexity index is 705. The van der Waals surface area contributed by atoms with Crippen molar-refractivity contribution in [2.24, 2.45) is 0 Å². The molecule has 0 bridgehead atoms. The number of carbonyl (C=O) groups excluding carboxylic acids is 1. The van der Waals surface area contributed by atoms with Gasteiger partial charge in [0.05, 0.1) is 12.2 Å². The summed E-state index contributed by atoms with van der Waals surface area (Å²) < 4.78 is 10.5. The van der Waals surface area contributed by atoms with Crippen LogP contribution in [0.2, 0.25) is 0 Å². The molecule has 5 nitrogen and oxygen atoms in total. The first-order valence-corrected chi connectivity index (χ1v) is 7.06. The normalized spacial score (nSPS) is 12.1. The molecule has 2 rings (SSSR count). The molecule has 1 aromatic heterocycles. The van der Waals surface area contributed by atoms with Gasteiger partial charge in [-0.1, -0.05) is 6.92 Å². The van der Waals surface area contributed by atoms with Crippen LogP contribution in [0, 0.1) is 0 Å². The van der Waals surface area contributed by atoms with Crippen LogP contribution in [-0.2, 0) is 0 Å². The number of carbonyl (C=O) groups is 1. The summed E-state index contributed by atoms with van der Waals surface area (Å²) in [6.07, 6.45) is 0.819. The van der Waals surface area contributed by atoms with Gasteiger partial charge in [-0.05, 0) is 32.4 Å². The highest BCUT2D eigenvalue weighted by Gasteiger charge is 2.15. The molecule has 1 N–H and O–H groups in total. The van der Waals surface area contributed by atoms with E-state index in [1.165, 1.54) is 6.07 Å². The van der Waals surface area contributed by atoms with Crippen molar-refractivity contribution >= 4 is 16.9 Å². The molecular weight excluding hydrogens is 270 g/mol. The Hall–Kier alpha value is -2.30. The molecule has 0 fully saturated rings. The van der Waals surface area contributed by atoms with Gasteiger partial charge in [0, 0.05) is 23.6 Å². The van der Waals surface area contributed by atoms with Gasteiger partial charge in [-0.2, -0.15) is 0 Å². The molecule has 1 heterocycles. The summed E-state index contributed by atoms with van der Waals surface area (Å²) in [5.41, 5.74) is 0.123. The number of hydrogen-bond donors (Lipinski definition) is 1. The van der Waals surface area contributed by atoms with Crippen LogP contribution < -0.4 is 15.7 Å². The van der Waals surface area contributed by atoms with Gasteiger partial charge < -0.3 is 14.5 Å². The van der Waals surface area contributed by atoms with Crippen LogP contribution in [0.4, 0.5) is 0 Å². The zero-order chi connectivity index (χ0) is 15.4. The standard InChI is InChI=1S/C16H19NO4/c1-4-10(3)17-16(19)13-9-15(18)21-14-8-11(20-5-2)6-7-12(13)14/h6-10H,4-5H2,1-3H3,(H,17,19). The number of hydrogen-bond acceptors (Lipinski definition) is 4. The van der Waals surface area contributed by atoms with Gasteiger partial charge in [0.25, 0.3) is 5.91 Å². The van der Waals surface area contributed by atoms with Crippen LogP contribution in [0.1, 0.15) is 37.6 Å². The smallest absolute Gasteiger partial charge is 0.337 e. The van der Waals surface area contributed by atoms with E-state index in [0.717, 1.165) is 6.42 Å². The van der Waals surface area contributed by atoms with Crippen molar-refractivity contribution in [1.82, 2.24) is 5.32 Å². The van der Waals surface area contributed by atoms with Crippen LogP contribution >= 0.6 is 0 Å². The minimum Gasteiger partial charge on any atom is -0.494 e. The minimum absolute atomic E-state index is 0.0440. The Labute approximate surface area is 122 Å². The number of rotatable bonds is 5. The van der Waals surface area contributed by atoms with Gasteiger partial charge in [-0.3, -0.25) is 4.79 Å². The molecule has 0 aliphatic carbocycles. The van der Waals surface area contributed by atoms with E-state index in [2.05, 4.69) is 5.32 Å². The fourth-order valence-corrected chi connectivity index (χ4v) is 1.99. The fraction of sp³-hybridized carbons (Fsp3) is 0.375. The molecule has 1 amide bonds. The summed E-state index contributed by atoms with van der Waals surface area (Å²) >= 11 is 0. The highest BCUT2D eigenvalue weighted by Crippen LogP contribution is 2.22. The van der Waals surface area contributed by atoms with E-state index in [4.69, 9.17) is 9.15 Å². The number of benzene rings is 1. The molecule has 1 atom stereocenters. The third kappa shape index (κ3) is 3.42. The van der Waals surface area contributed by atoms with E-state index in [1.807, 2.05) is 20.8 Å². The second-order valence-electron chi connectivity index (χ2n) is 4.85. The minimum atomic E-state index is -0.551. The summed E-state index contributed by atoms with van der Waals surface area (Å²) in [5.74, 6) is 0.332. The second kappa shape index (κ2) is 6.43. The van der Waals surface area contributed by atoms with Crippen molar-refractivity contribution in [2.45, 2.75) is 33.2 Å². The lowest BCUT2D eigenvalue weighted by atomic mass is 10.1. The lowest BCUT2D eigenvalue weighted by Crippen LogP contribution is -2.32. The van der Waals surface area contributed by atoms with Gasteiger partial charge >= 0.3 is 5.63 Å². The van der Waals surface area contributed by atoms with E-state index >= 15 is 0 Å². The molecule has 0 radical (unpaired) electrons. The average Bonchev–Trinajstić information content (AvgIpc) is 2.46. The molecule has 1 unspecified atom stereocenters. The fourth-order valence-electron chi connectivity index (χ4n) is 1.99. The van der Waals surface area contributed by atoms with Crippen molar-refractivity contribution in [2.75, 3.05) is 6.61 Å². The van der Waals surface area contributed by atoms with Crippen LogP contribution in [-0.4, -0.2) is 18.6 Å². The van der Waals surface area contributed by atoms with E-state index in [9.17, 15) is 9.59 Å². The number of ether oxygens (including phenoxy) is 1. The van der Waals surface area contributed by atoms with Crippen molar-refractivity contribution in [3.63, 3.8) is 0 Å². The summed E-state index contributed by atoms with van der Waals surface area (Å²) in [6, 6.07) is 6.38. The van der Waals surface area contributed by atoms with Crippen molar-refractivity contribution in [3.8, 4) is 5.75 Å². The van der Waals surface area contributed by atoms with E-state index < -0.39 is 5.63 Å². The molecule has 0 saturated carbocycles. The third-order valence-corrected chi connectivity index (χ3v) is 3.26. The van der Waals surface area contributed by atoms with Gasteiger partial charge in [-0.15, -0.1) is 0 Å². The van der Waals surface area contributed by atoms with E-state index in [0.29, 0.717) is 28.9 Å². The van der Waals surface area contributed by atoms with Crippen LogP contribution in [0.15, 0.2) is 33.5 Å².